The maximum atomic E-state index is 15.6. The summed E-state index contributed by atoms with van der Waals surface area (Å²) in [7, 11) is -2.95. The molecule has 2 heterocycles. The van der Waals surface area contributed by atoms with Crippen molar-refractivity contribution in [2.24, 2.45) is 11.8 Å². The average molecular weight is 610 g/mol. The zero-order chi connectivity index (χ0) is 30.3. The molecular weight excluding hydrogens is 576 g/mol. The van der Waals surface area contributed by atoms with Crippen molar-refractivity contribution in [3.05, 3.63) is 71.8 Å². The highest BCUT2D eigenvalue weighted by atomic mass is 32.2. The Kier molecular flexibility index (Phi) is 7.95. The van der Waals surface area contributed by atoms with Crippen molar-refractivity contribution in [2.45, 2.75) is 38.3 Å². The van der Waals surface area contributed by atoms with E-state index in [1.165, 1.54) is 12.3 Å². The summed E-state index contributed by atoms with van der Waals surface area (Å²) in [5, 5.41) is 9.18. The number of aliphatic carboxylic acids is 1. The molecule has 2 N–H and O–H groups in total. The summed E-state index contributed by atoms with van der Waals surface area (Å²) < 4.78 is 59.5. The summed E-state index contributed by atoms with van der Waals surface area (Å²) in [6.45, 7) is 2.31. The molecule has 1 aliphatic carbocycles. The number of carboxylic acid groups (broad SMARTS) is 1. The van der Waals surface area contributed by atoms with E-state index in [1.54, 1.807) is 12.1 Å². The molecule has 43 heavy (non-hydrogen) atoms. The molecule has 2 aliphatic rings. The van der Waals surface area contributed by atoms with Gasteiger partial charge in [-0.05, 0) is 53.9 Å². The number of likely N-dealkylation sites (tertiary alicyclic amines) is 1. The van der Waals surface area contributed by atoms with E-state index < -0.39 is 27.4 Å². The predicted molar refractivity (Wildman–Crippen MR) is 159 cm³/mol. The Morgan fingerprint density at radius 1 is 1.00 bits per heavy atom. The number of benzene rings is 3. The molecule has 8 nitrogen and oxygen atoms in total. The van der Waals surface area contributed by atoms with Crippen LogP contribution in [-0.4, -0.2) is 65.6 Å². The van der Waals surface area contributed by atoms with Crippen molar-refractivity contribution in [1.82, 2.24) is 14.9 Å². The Morgan fingerprint density at radius 2 is 1.60 bits per heavy atom. The van der Waals surface area contributed by atoms with Gasteiger partial charge in [-0.15, -0.1) is 0 Å². The number of aromatic amines is 1. The zero-order valence-corrected chi connectivity index (χ0v) is 24.5. The van der Waals surface area contributed by atoms with Gasteiger partial charge in [-0.1, -0.05) is 48.5 Å². The Hall–Kier alpha value is -3.83. The second-order valence-corrected chi connectivity index (χ2v) is 14.0. The molecule has 0 unspecified atom stereocenters. The van der Waals surface area contributed by atoms with Gasteiger partial charge in [0.15, 0.2) is 5.82 Å². The highest BCUT2D eigenvalue weighted by Gasteiger charge is 2.30. The molecule has 3 aromatic carbocycles. The molecule has 0 spiro atoms. The number of sulfone groups is 1. The van der Waals surface area contributed by atoms with E-state index in [9.17, 15) is 18.3 Å². The first-order chi connectivity index (χ1) is 20.5. The van der Waals surface area contributed by atoms with Gasteiger partial charge in [0.1, 0.15) is 27.3 Å². The van der Waals surface area contributed by atoms with E-state index in [-0.39, 0.29) is 46.3 Å². The Morgan fingerprint density at radius 3 is 2.21 bits per heavy atom. The summed E-state index contributed by atoms with van der Waals surface area (Å²) in [6, 6.07) is 16.4. The molecule has 4 aromatic rings. The van der Waals surface area contributed by atoms with Crippen molar-refractivity contribution >= 4 is 26.8 Å². The van der Waals surface area contributed by atoms with Crippen LogP contribution in [0, 0.1) is 23.5 Å². The van der Waals surface area contributed by atoms with E-state index in [4.69, 9.17) is 4.74 Å². The number of carbonyl (C=O) groups is 1. The van der Waals surface area contributed by atoms with Crippen LogP contribution < -0.4 is 4.74 Å². The summed E-state index contributed by atoms with van der Waals surface area (Å²) in [5.41, 5.74) is 3.39. The smallest absolute Gasteiger partial charge is 0.306 e. The minimum absolute atomic E-state index is 0.0184. The van der Waals surface area contributed by atoms with Crippen LogP contribution in [-0.2, 0) is 21.2 Å². The lowest BCUT2D eigenvalue weighted by molar-refractivity contribution is -0.143. The van der Waals surface area contributed by atoms with Crippen molar-refractivity contribution in [1.29, 1.82) is 0 Å². The lowest BCUT2D eigenvalue weighted by atomic mass is 9.87. The third-order valence-corrected chi connectivity index (χ3v) is 9.46. The molecule has 1 aliphatic heterocycles. The summed E-state index contributed by atoms with van der Waals surface area (Å²) in [5.74, 6) is -2.25. The van der Waals surface area contributed by atoms with Crippen molar-refractivity contribution in [3.63, 3.8) is 0 Å². The molecule has 2 fully saturated rings. The van der Waals surface area contributed by atoms with E-state index in [0.29, 0.717) is 31.2 Å². The second kappa shape index (κ2) is 11.7. The molecule has 6 rings (SSSR count). The van der Waals surface area contributed by atoms with Gasteiger partial charge < -0.3 is 14.8 Å². The van der Waals surface area contributed by atoms with Gasteiger partial charge >= 0.3 is 5.97 Å². The van der Waals surface area contributed by atoms with E-state index in [1.807, 2.05) is 36.4 Å². The number of nitrogens with zero attached hydrogens (tertiary/aromatic N) is 2. The monoisotopic (exact) mass is 609 g/mol. The van der Waals surface area contributed by atoms with Crippen LogP contribution in [0.3, 0.4) is 0 Å². The minimum Gasteiger partial charge on any atom is -0.481 e. The first-order valence-electron chi connectivity index (χ1n) is 14.4. The second-order valence-electron chi connectivity index (χ2n) is 11.8. The van der Waals surface area contributed by atoms with Gasteiger partial charge in [-0.2, -0.15) is 4.98 Å². The normalized spacial score (nSPS) is 19.8. The SMILES string of the molecule is CS(=O)(=O)CC1CN(Cc2ccc(-c3ccc(-c4c(F)cc5[nH]c(OC6CCC(C(=O)O)CC6)nc5c4F)cc3)cc2)C1. The Balaban J connectivity index is 1.12. The first kappa shape index (κ1) is 29.3. The topological polar surface area (TPSA) is 113 Å². The number of halogens is 2. The lowest BCUT2D eigenvalue weighted by Gasteiger charge is -2.39. The van der Waals surface area contributed by atoms with Crippen LogP contribution in [0.2, 0.25) is 0 Å². The Bertz CT molecular complexity index is 1740. The van der Waals surface area contributed by atoms with Crippen LogP contribution >= 0.6 is 0 Å². The van der Waals surface area contributed by atoms with Gasteiger partial charge in [-0.25, -0.2) is 17.2 Å². The molecule has 0 bridgehead atoms. The fraction of sp³-hybridized carbons (Fsp3) is 0.375. The van der Waals surface area contributed by atoms with Crippen molar-refractivity contribution < 1.29 is 31.8 Å². The average Bonchev–Trinajstić information content (AvgIpc) is 3.34. The van der Waals surface area contributed by atoms with E-state index in [0.717, 1.165) is 36.3 Å². The van der Waals surface area contributed by atoms with Crippen LogP contribution in [0.1, 0.15) is 31.2 Å². The highest BCUT2D eigenvalue weighted by molar-refractivity contribution is 7.90. The summed E-state index contributed by atoms with van der Waals surface area (Å²) in [4.78, 5) is 20.5. The van der Waals surface area contributed by atoms with Crippen LogP contribution in [0.5, 0.6) is 6.01 Å². The van der Waals surface area contributed by atoms with E-state index in [2.05, 4.69) is 14.9 Å². The van der Waals surface area contributed by atoms with Crippen LogP contribution in [0.4, 0.5) is 8.78 Å². The Labute approximate surface area is 248 Å². The van der Waals surface area contributed by atoms with Crippen molar-refractivity contribution in [2.75, 3.05) is 25.1 Å². The third-order valence-electron chi connectivity index (χ3n) is 8.39. The standard InChI is InChI=1S/C32H33F2N3O5S/c1-43(40,41)18-20-16-37(17-20)15-19-2-4-21(5-3-19)22-6-8-23(9-7-22)28-26(33)14-27-30(29(28)34)36-32(35-27)42-25-12-10-24(11-13-25)31(38)39/h2-9,14,20,24-25H,10-13,15-18H2,1H3,(H,35,36)(H,38,39). The molecule has 0 amide bonds. The summed E-state index contributed by atoms with van der Waals surface area (Å²) in [6.07, 6.45) is 3.15. The third kappa shape index (κ3) is 6.57. The number of ether oxygens (including phenoxy) is 1. The number of nitrogens with one attached hydrogen (secondary N) is 1. The van der Waals surface area contributed by atoms with Gasteiger partial charge in [0.25, 0.3) is 6.01 Å². The first-order valence-corrected chi connectivity index (χ1v) is 16.5. The van der Waals surface area contributed by atoms with Gasteiger partial charge in [0.05, 0.1) is 22.8 Å². The number of carboxylic acids is 1. The zero-order valence-electron chi connectivity index (χ0n) is 23.7. The van der Waals surface area contributed by atoms with Crippen LogP contribution in [0.25, 0.3) is 33.3 Å². The number of H-pyrrole nitrogens is 1. The van der Waals surface area contributed by atoms with Gasteiger partial charge in [0.2, 0.25) is 0 Å². The number of fused-ring (bicyclic) bond motifs is 1. The molecule has 0 atom stereocenters. The molecule has 1 saturated heterocycles. The van der Waals surface area contributed by atoms with Crippen LogP contribution in [0.15, 0.2) is 54.6 Å². The number of rotatable bonds is 9. The highest BCUT2D eigenvalue weighted by Crippen LogP contribution is 2.34. The molecule has 0 radical (unpaired) electrons. The van der Waals surface area contributed by atoms with Crippen molar-refractivity contribution in [3.8, 4) is 28.3 Å². The molecular formula is C32H33F2N3O5S. The number of imidazole rings is 1. The van der Waals surface area contributed by atoms with E-state index >= 15 is 8.78 Å². The lowest BCUT2D eigenvalue weighted by Crippen LogP contribution is -2.48. The predicted octanol–water partition coefficient (Wildman–Crippen LogP) is 5.67. The summed E-state index contributed by atoms with van der Waals surface area (Å²) >= 11 is 0. The molecule has 11 heteroatoms. The number of hydrogen-bond donors (Lipinski definition) is 2. The quantitative estimate of drug-likeness (QED) is 0.251. The molecule has 226 valence electrons. The largest absolute Gasteiger partial charge is 0.481 e. The number of aromatic nitrogens is 2. The fourth-order valence-electron chi connectivity index (χ4n) is 6.19. The molecule has 1 aromatic heterocycles. The number of hydrogen-bond acceptors (Lipinski definition) is 6. The maximum absolute atomic E-state index is 15.6. The minimum atomic E-state index is -2.95. The maximum Gasteiger partial charge on any atom is 0.306 e. The fourth-order valence-corrected chi connectivity index (χ4v) is 7.26. The molecule has 1 saturated carbocycles. The van der Waals surface area contributed by atoms with Gasteiger partial charge in [0, 0.05) is 32.0 Å². The van der Waals surface area contributed by atoms with Gasteiger partial charge in [-0.3, -0.25) is 9.69 Å².